The number of urea groups is 1. The van der Waals surface area contributed by atoms with Gasteiger partial charge in [-0.15, -0.1) is 22.7 Å². The van der Waals surface area contributed by atoms with Gasteiger partial charge in [0.25, 0.3) is 5.91 Å². The summed E-state index contributed by atoms with van der Waals surface area (Å²) in [5.41, 5.74) is 2.35. The Bertz CT molecular complexity index is 1310. The molecule has 0 aliphatic carbocycles. The second-order valence-corrected chi connectivity index (χ2v) is 9.10. The molecular formula is C21H17N5O7S2. The summed E-state index contributed by atoms with van der Waals surface area (Å²) < 4.78 is 11.1. The lowest BCUT2D eigenvalue weighted by Crippen LogP contribution is -2.49. The van der Waals surface area contributed by atoms with E-state index in [1.807, 2.05) is 0 Å². The second kappa shape index (κ2) is 9.31. The lowest BCUT2D eigenvalue weighted by molar-refractivity contribution is -0.134. The number of carboxylic acid groups (broad SMARTS) is 1. The maximum Gasteiger partial charge on any atom is 0.355 e. The van der Waals surface area contributed by atoms with Gasteiger partial charge in [0.05, 0.1) is 11.2 Å². The number of hydrogen-bond donors (Lipinski definition) is 3. The quantitative estimate of drug-likeness (QED) is 0.399. The Morgan fingerprint density at radius 1 is 1.23 bits per heavy atom. The molecular weight excluding hydrogens is 498 g/mol. The lowest BCUT2D eigenvalue weighted by atomic mass is 10.0. The van der Waals surface area contributed by atoms with Crippen LogP contribution < -0.4 is 20.1 Å². The fourth-order valence-electron chi connectivity index (χ4n) is 3.71. The molecule has 0 radical (unpaired) electrons. The molecule has 3 aromatic rings. The molecule has 2 atom stereocenters. The Hall–Kier alpha value is -4.04. The minimum atomic E-state index is -1.25. The van der Waals surface area contributed by atoms with Crippen molar-refractivity contribution in [2.45, 2.75) is 18.5 Å². The van der Waals surface area contributed by atoms with Crippen molar-refractivity contribution < 1.29 is 33.8 Å². The molecule has 5 rings (SSSR count). The summed E-state index contributed by atoms with van der Waals surface area (Å²) in [4.78, 5) is 59.5. The van der Waals surface area contributed by atoms with E-state index < -0.39 is 35.9 Å². The number of aromatic carboxylic acids is 1. The molecule has 1 fully saturated rings. The number of carbonyl (C=O) groups is 4. The van der Waals surface area contributed by atoms with Gasteiger partial charge in [0.1, 0.15) is 25.3 Å². The number of imide groups is 1. The van der Waals surface area contributed by atoms with E-state index in [1.54, 1.807) is 29.1 Å². The highest BCUT2D eigenvalue weighted by atomic mass is 32.1. The Labute approximate surface area is 205 Å². The topological polar surface area (TPSA) is 160 Å². The van der Waals surface area contributed by atoms with Gasteiger partial charge in [-0.05, 0) is 17.7 Å². The number of fused-ring (bicyclic) bond motifs is 1. The van der Waals surface area contributed by atoms with Gasteiger partial charge in [-0.2, -0.15) is 0 Å². The molecule has 2 unspecified atom stereocenters. The number of carboxylic acids is 1. The molecule has 1 aromatic carbocycles. The minimum Gasteiger partial charge on any atom is -0.486 e. The molecule has 2 aromatic heterocycles. The van der Waals surface area contributed by atoms with E-state index >= 15 is 0 Å². The normalized spacial score (nSPS) is 17.7. The van der Waals surface area contributed by atoms with Crippen molar-refractivity contribution in [3.63, 3.8) is 0 Å². The summed E-state index contributed by atoms with van der Waals surface area (Å²) in [7, 11) is 0. The lowest BCUT2D eigenvalue weighted by Gasteiger charge is -2.24. The Kier molecular flexibility index (Phi) is 6.05. The number of carbonyl (C=O) groups excluding carboxylic acids is 3. The van der Waals surface area contributed by atoms with Crippen molar-refractivity contribution in [3.8, 4) is 11.5 Å². The van der Waals surface area contributed by atoms with Crippen molar-refractivity contribution in [3.05, 3.63) is 51.4 Å². The van der Waals surface area contributed by atoms with Crippen LogP contribution in [0, 0.1) is 0 Å². The standard InChI is InChI=1S/C21H17N5O7S2/c27-17(25-20-23-12(8-35-20)19(29)30)13(6-11-7-34-9-22-11)26-18(28)16(24-21(26)31)10-1-2-14-15(5-10)33-4-3-32-14/h1-2,5,7-9,13,16H,3-4,6H2,(H,24,31)(H,29,30)(H,23,25,27). The molecule has 2 aliphatic heterocycles. The molecule has 3 N–H and O–H groups in total. The van der Waals surface area contributed by atoms with E-state index in [0.29, 0.717) is 36.0 Å². The summed E-state index contributed by atoms with van der Waals surface area (Å²) in [5.74, 6) is -1.55. The molecule has 35 heavy (non-hydrogen) atoms. The molecule has 12 nitrogen and oxygen atoms in total. The number of nitrogens with zero attached hydrogens (tertiary/aromatic N) is 3. The third-order valence-corrected chi connectivity index (χ3v) is 6.72. The molecule has 0 spiro atoms. The molecule has 180 valence electrons. The average Bonchev–Trinajstić information content (AvgIpc) is 3.59. The zero-order valence-electron chi connectivity index (χ0n) is 17.8. The van der Waals surface area contributed by atoms with Crippen LogP contribution in [0.25, 0.3) is 0 Å². The van der Waals surface area contributed by atoms with Crippen molar-refractivity contribution >= 4 is 51.6 Å². The first-order chi connectivity index (χ1) is 16.9. The maximum absolute atomic E-state index is 13.4. The number of anilines is 1. The summed E-state index contributed by atoms with van der Waals surface area (Å²) in [5, 5.41) is 17.2. The highest BCUT2D eigenvalue weighted by Crippen LogP contribution is 2.35. The Balaban J connectivity index is 1.41. The van der Waals surface area contributed by atoms with E-state index in [0.717, 1.165) is 16.2 Å². The molecule has 4 heterocycles. The number of aromatic nitrogens is 2. The zero-order chi connectivity index (χ0) is 24.5. The van der Waals surface area contributed by atoms with E-state index in [1.165, 1.54) is 16.7 Å². The van der Waals surface area contributed by atoms with Crippen LogP contribution in [0.3, 0.4) is 0 Å². The number of hydrogen-bond acceptors (Lipinski definition) is 10. The van der Waals surface area contributed by atoms with Crippen LogP contribution in [0.2, 0.25) is 0 Å². The Morgan fingerprint density at radius 3 is 2.74 bits per heavy atom. The molecule has 4 amide bonds. The molecule has 0 bridgehead atoms. The predicted octanol–water partition coefficient (Wildman–Crippen LogP) is 1.91. The Morgan fingerprint density at radius 2 is 2.03 bits per heavy atom. The first-order valence-electron chi connectivity index (χ1n) is 10.3. The third kappa shape index (κ3) is 4.52. The molecule has 1 saturated heterocycles. The highest BCUT2D eigenvalue weighted by molar-refractivity contribution is 7.14. The molecule has 14 heteroatoms. The van der Waals surface area contributed by atoms with Crippen molar-refractivity contribution in [2.75, 3.05) is 18.5 Å². The number of benzene rings is 1. The number of ether oxygens (including phenoxy) is 2. The first kappa shape index (κ1) is 22.7. The van der Waals surface area contributed by atoms with Gasteiger partial charge >= 0.3 is 12.0 Å². The van der Waals surface area contributed by atoms with Gasteiger partial charge in [0, 0.05) is 17.2 Å². The smallest absolute Gasteiger partial charge is 0.355 e. The number of rotatable bonds is 7. The first-order valence-corrected chi connectivity index (χ1v) is 12.1. The van der Waals surface area contributed by atoms with Gasteiger partial charge in [0.15, 0.2) is 22.3 Å². The molecule has 2 aliphatic rings. The van der Waals surface area contributed by atoms with Crippen LogP contribution in [-0.2, 0) is 16.0 Å². The van der Waals surface area contributed by atoms with E-state index in [9.17, 15) is 19.2 Å². The van der Waals surface area contributed by atoms with E-state index in [-0.39, 0.29) is 17.2 Å². The summed E-state index contributed by atoms with van der Waals surface area (Å²) >= 11 is 2.23. The summed E-state index contributed by atoms with van der Waals surface area (Å²) in [6.45, 7) is 0.781. The largest absolute Gasteiger partial charge is 0.486 e. The van der Waals surface area contributed by atoms with Crippen LogP contribution in [-0.4, -0.2) is 63.0 Å². The zero-order valence-corrected chi connectivity index (χ0v) is 19.4. The molecule has 0 saturated carbocycles. The fraction of sp³-hybridized carbons (Fsp3) is 0.238. The highest BCUT2D eigenvalue weighted by Gasteiger charge is 2.46. The van der Waals surface area contributed by atoms with Crippen LogP contribution in [0.5, 0.6) is 11.5 Å². The van der Waals surface area contributed by atoms with Crippen LogP contribution >= 0.6 is 22.7 Å². The van der Waals surface area contributed by atoms with Gasteiger partial charge in [0.2, 0.25) is 5.91 Å². The number of nitrogens with one attached hydrogen (secondary N) is 2. The average molecular weight is 516 g/mol. The second-order valence-electron chi connectivity index (χ2n) is 7.53. The minimum absolute atomic E-state index is 0.0283. The van der Waals surface area contributed by atoms with Gasteiger partial charge < -0.3 is 25.2 Å². The summed E-state index contributed by atoms with van der Waals surface area (Å²) in [6.07, 6.45) is -0.0283. The van der Waals surface area contributed by atoms with Crippen LogP contribution in [0.4, 0.5) is 9.93 Å². The predicted molar refractivity (Wildman–Crippen MR) is 123 cm³/mol. The van der Waals surface area contributed by atoms with Gasteiger partial charge in [-0.1, -0.05) is 6.07 Å². The summed E-state index contributed by atoms with van der Waals surface area (Å²) in [6, 6.07) is 1.92. The fourth-order valence-corrected chi connectivity index (χ4v) is 4.97. The SMILES string of the molecule is O=C(O)c1csc(NC(=O)C(Cc2cscn2)N2C(=O)NC(c3ccc4c(c3)OCCO4)C2=O)n1. The van der Waals surface area contributed by atoms with E-state index in [4.69, 9.17) is 14.6 Å². The van der Waals surface area contributed by atoms with Crippen LogP contribution in [0.15, 0.2) is 34.5 Å². The number of thiazole rings is 2. The van der Waals surface area contributed by atoms with Crippen molar-refractivity contribution in [2.24, 2.45) is 0 Å². The van der Waals surface area contributed by atoms with Gasteiger partial charge in [-0.3, -0.25) is 9.59 Å². The monoisotopic (exact) mass is 515 g/mol. The van der Waals surface area contributed by atoms with Crippen LogP contribution in [0.1, 0.15) is 27.8 Å². The van der Waals surface area contributed by atoms with E-state index in [2.05, 4.69) is 20.6 Å². The van der Waals surface area contributed by atoms with Crippen molar-refractivity contribution in [1.29, 1.82) is 0 Å². The maximum atomic E-state index is 13.4. The van der Waals surface area contributed by atoms with Crippen molar-refractivity contribution in [1.82, 2.24) is 20.2 Å². The third-order valence-electron chi connectivity index (χ3n) is 5.32. The van der Waals surface area contributed by atoms with Gasteiger partial charge in [-0.25, -0.2) is 24.5 Å². The number of amides is 4.